The van der Waals surface area contributed by atoms with E-state index in [0.717, 1.165) is 0 Å². The van der Waals surface area contributed by atoms with Crippen molar-refractivity contribution < 1.29 is 9.21 Å². The molecule has 102 valence electrons. The summed E-state index contributed by atoms with van der Waals surface area (Å²) in [6.45, 7) is 4.14. The summed E-state index contributed by atoms with van der Waals surface area (Å²) in [6.07, 6.45) is 4.72. The first kappa shape index (κ1) is 13.2. The first-order valence-corrected chi connectivity index (χ1v) is 5.88. The zero-order valence-corrected chi connectivity index (χ0v) is 10.8. The van der Waals surface area contributed by atoms with Crippen LogP contribution in [0.2, 0.25) is 0 Å². The topological polar surface area (TPSA) is 95.2 Å². The fourth-order valence-electron chi connectivity index (χ4n) is 1.78. The van der Waals surface area contributed by atoms with Crippen LogP contribution in [0.25, 0.3) is 0 Å². The van der Waals surface area contributed by atoms with E-state index >= 15 is 0 Å². The maximum atomic E-state index is 12.0. The van der Waals surface area contributed by atoms with Crippen molar-refractivity contribution in [3.8, 4) is 0 Å². The Morgan fingerprint density at radius 2 is 2.21 bits per heavy atom. The molecule has 2 aromatic heterocycles. The number of aromatic nitrogens is 2. The van der Waals surface area contributed by atoms with Gasteiger partial charge in [0.05, 0.1) is 12.1 Å². The van der Waals surface area contributed by atoms with Crippen molar-refractivity contribution in [2.75, 3.05) is 0 Å². The zero-order chi connectivity index (χ0) is 14.0. The quantitative estimate of drug-likeness (QED) is 0.477. The molecule has 7 nitrogen and oxygen atoms in total. The SMILES string of the molecule is CC(C)n1ccn(Cc2cc(C(=O)NN)co2)c1=O. The molecule has 0 spiro atoms. The van der Waals surface area contributed by atoms with Gasteiger partial charge in [0, 0.05) is 18.4 Å². The van der Waals surface area contributed by atoms with Crippen molar-refractivity contribution in [1.82, 2.24) is 14.6 Å². The Hall–Kier alpha value is -2.28. The molecule has 7 heteroatoms. The molecule has 2 heterocycles. The normalized spacial score (nSPS) is 10.9. The second kappa shape index (κ2) is 5.15. The Labute approximate surface area is 109 Å². The molecule has 0 fully saturated rings. The molecule has 0 aromatic carbocycles. The molecule has 0 aliphatic rings. The van der Waals surface area contributed by atoms with Crippen molar-refractivity contribution in [3.05, 3.63) is 46.5 Å². The number of nitrogens with two attached hydrogens (primary N) is 1. The maximum absolute atomic E-state index is 12.0. The second-order valence-corrected chi connectivity index (χ2v) is 4.48. The Bertz CT molecular complexity index is 635. The number of hydrazine groups is 1. The van der Waals surface area contributed by atoms with Gasteiger partial charge in [-0.05, 0) is 19.9 Å². The molecular weight excluding hydrogens is 248 g/mol. The number of furan rings is 1. The van der Waals surface area contributed by atoms with Crippen molar-refractivity contribution >= 4 is 5.91 Å². The van der Waals surface area contributed by atoms with E-state index in [1.54, 1.807) is 23.0 Å². The number of nitrogens with zero attached hydrogens (tertiary/aromatic N) is 2. The van der Waals surface area contributed by atoms with E-state index in [4.69, 9.17) is 10.3 Å². The predicted molar refractivity (Wildman–Crippen MR) is 68.5 cm³/mol. The molecule has 0 saturated heterocycles. The van der Waals surface area contributed by atoms with Crippen LogP contribution in [0.3, 0.4) is 0 Å². The first-order chi connectivity index (χ1) is 9.02. The fourth-order valence-corrected chi connectivity index (χ4v) is 1.78. The van der Waals surface area contributed by atoms with Crippen molar-refractivity contribution in [2.45, 2.75) is 26.4 Å². The average molecular weight is 264 g/mol. The third-order valence-corrected chi connectivity index (χ3v) is 2.80. The van der Waals surface area contributed by atoms with Gasteiger partial charge in [-0.15, -0.1) is 0 Å². The summed E-state index contributed by atoms with van der Waals surface area (Å²) in [5, 5.41) is 0. The second-order valence-electron chi connectivity index (χ2n) is 4.48. The number of rotatable bonds is 4. The van der Waals surface area contributed by atoms with Gasteiger partial charge >= 0.3 is 5.69 Å². The monoisotopic (exact) mass is 264 g/mol. The Balaban J connectivity index is 2.20. The summed E-state index contributed by atoms with van der Waals surface area (Å²) < 4.78 is 8.37. The van der Waals surface area contributed by atoms with Gasteiger partial charge in [0.15, 0.2) is 0 Å². The highest BCUT2D eigenvalue weighted by molar-refractivity contribution is 5.93. The van der Waals surface area contributed by atoms with E-state index in [9.17, 15) is 9.59 Å². The first-order valence-electron chi connectivity index (χ1n) is 5.88. The van der Waals surface area contributed by atoms with E-state index < -0.39 is 5.91 Å². The molecule has 0 saturated carbocycles. The van der Waals surface area contributed by atoms with Crippen LogP contribution in [0.4, 0.5) is 0 Å². The summed E-state index contributed by atoms with van der Waals surface area (Å²) in [7, 11) is 0. The highest BCUT2D eigenvalue weighted by Gasteiger charge is 2.11. The number of hydrogen-bond donors (Lipinski definition) is 2. The standard InChI is InChI=1S/C12H16N4O3/c1-8(2)16-4-3-15(12(16)18)6-10-5-9(7-19-10)11(17)14-13/h3-5,7-8H,6,13H2,1-2H3,(H,14,17). The minimum Gasteiger partial charge on any atom is -0.467 e. The lowest BCUT2D eigenvalue weighted by atomic mass is 10.3. The van der Waals surface area contributed by atoms with Crippen LogP contribution < -0.4 is 17.0 Å². The smallest absolute Gasteiger partial charge is 0.328 e. The molecule has 2 aromatic rings. The van der Waals surface area contributed by atoms with Crippen LogP contribution in [0, 0.1) is 0 Å². The molecule has 19 heavy (non-hydrogen) atoms. The number of hydrogen-bond acceptors (Lipinski definition) is 4. The van der Waals surface area contributed by atoms with E-state index in [2.05, 4.69) is 0 Å². The number of nitrogen functional groups attached to an aromatic ring is 1. The molecule has 0 aliphatic carbocycles. The van der Waals surface area contributed by atoms with Gasteiger partial charge in [0.25, 0.3) is 5.91 Å². The molecular formula is C12H16N4O3. The third kappa shape index (κ3) is 2.60. The van der Waals surface area contributed by atoms with Crippen LogP contribution in [0.1, 0.15) is 36.0 Å². The zero-order valence-electron chi connectivity index (χ0n) is 10.8. The highest BCUT2D eigenvalue weighted by atomic mass is 16.3. The van der Waals surface area contributed by atoms with Crippen molar-refractivity contribution in [1.29, 1.82) is 0 Å². The number of imidazole rings is 1. The van der Waals surface area contributed by atoms with E-state index in [1.165, 1.54) is 10.8 Å². The average Bonchev–Trinajstić information content (AvgIpc) is 2.97. The predicted octanol–water partition coefficient (Wildman–Crippen LogP) is 0.475. The van der Waals surface area contributed by atoms with Crippen molar-refractivity contribution in [2.24, 2.45) is 5.84 Å². The Morgan fingerprint density at radius 3 is 2.79 bits per heavy atom. The molecule has 1 amide bonds. The molecule has 0 radical (unpaired) electrons. The van der Waals surface area contributed by atoms with E-state index in [0.29, 0.717) is 11.3 Å². The third-order valence-electron chi connectivity index (χ3n) is 2.80. The summed E-state index contributed by atoms with van der Waals surface area (Å²) in [4.78, 5) is 23.3. The summed E-state index contributed by atoms with van der Waals surface area (Å²) in [6, 6.07) is 1.66. The van der Waals surface area contributed by atoms with Gasteiger partial charge in [-0.3, -0.25) is 19.4 Å². The molecule has 2 rings (SSSR count). The lowest BCUT2D eigenvalue weighted by Gasteiger charge is -2.03. The van der Waals surface area contributed by atoms with Gasteiger partial charge in [-0.25, -0.2) is 10.6 Å². The minimum absolute atomic E-state index is 0.101. The van der Waals surface area contributed by atoms with E-state index in [1.807, 2.05) is 19.3 Å². The summed E-state index contributed by atoms with van der Waals surface area (Å²) in [5.41, 5.74) is 2.23. The van der Waals surface area contributed by atoms with Gasteiger partial charge in [-0.1, -0.05) is 0 Å². The molecule has 0 unspecified atom stereocenters. The van der Waals surface area contributed by atoms with Crippen LogP contribution in [0.5, 0.6) is 0 Å². The van der Waals surface area contributed by atoms with E-state index in [-0.39, 0.29) is 18.3 Å². The largest absolute Gasteiger partial charge is 0.467 e. The number of amides is 1. The Kier molecular flexibility index (Phi) is 3.57. The number of carbonyl (C=O) groups is 1. The lowest BCUT2D eigenvalue weighted by molar-refractivity contribution is 0.0953. The van der Waals surface area contributed by atoms with Gasteiger partial charge < -0.3 is 4.42 Å². The fraction of sp³-hybridized carbons (Fsp3) is 0.333. The minimum atomic E-state index is -0.429. The van der Waals surface area contributed by atoms with Crippen molar-refractivity contribution in [3.63, 3.8) is 0 Å². The van der Waals surface area contributed by atoms with Crippen LogP contribution in [0.15, 0.2) is 33.9 Å². The molecule has 0 bridgehead atoms. The summed E-state index contributed by atoms with van der Waals surface area (Å²) in [5.74, 6) is 5.11. The lowest BCUT2D eigenvalue weighted by Crippen LogP contribution is -2.29. The van der Waals surface area contributed by atoms with Gasteiger partial charge in [0.1, 0.15) is 12.0 Å². The Morgan fingerprint density at radius 1 is 1.47 bits per heavy atom. The van der Waals surface area contributed by atoms with Crippen LogP contribution in [-0.4, -0.2) is 15.0 Å². The highest BCUT2D eigenvalue weighted by Crippen LogP contribution is 2.09. The molecule has 3 N–H and O–H groups in total. The molecule has 0 atom stereocenters. The van der Waals surface area contributed by atoms with Gasteiger partial charge in [0.2, 0.25) is 0 Å². The van der Waals surface area contributed by atoms with Crippen LogP contribution >= 0.6 is 0 Å². The van der Waals surface area contributed by atoms with Crippen LogP contribution in [-0.2, 0) is 6.54 Å². The van der Waals surface area contributed by atoms with Gasteiger partial charge in [-0.2, -0.15) is 0 Å². The number of carbonyl (C=O) groups excluding carboxylic acids is 1. The summed E-state index contributed by atoms with van der Waals surface area (Å²) >= 11 is 0. The number of nitrogens with one attached hydrogen (secondary N) is 1. The maximum Gasteiger partial charge on any atom is 0.328 e. The molecule has 0 aliphatic heterocycles.